The Morgan fingerprint density at radius 3 is 2.39 bits per heavy atom. The first kappa shape index (κ1) is 34.4. The van der Waals surface area contributed by atoms with Crippen LogP contribution in [0, 0.1) is 5.92 Å². The van der Waals surface area contributed by atoms with Crippen LogP contribution in [0.4, 0.5) is 33.4 Å². The van der Waals surface area contributed by atoms with Gasteiger partial charge in [0.25, 0.3) is 0 Å². The van der Waals surface area contributed by atoms with Crippen molar-refractivity contribution in [2.75, 3.05) is 70.0 Å². The second-order valence-corrected chi connectivity index (χ2v) is 15.6. The van der Waals surface area contributed by atoms with Crippen LogP contribution < -0.4 is 16.4 Å². The maximum atomic E-state index is 14.1. The molecule has 1 aromatic carbocycles. The molecule has 0 spiro atoms. The van der Waals surface area contributed by atoms with Crippen molar-refractivity contribution in [3.05, 3.63) is 44.7 Å². The number of amides is 5. The van der Waals surface area contributed by atoms with Crippen molar-refractivity contribution >= 4 is 55.9 Å². The molecule has 2 atom stereocenters. The Morgan fingerprint density at radius 2 is 1.73 bits per heavy atom. The van der Waals surface area contributed by atoms with E-state index in [1.54, 1.807) is 9.80 Å². The van der Waals surface area contributed by atoms with Crippen molar-refractivity contribution < 1.29 is 27.6 Å². The molecule has 16 heteroatoms. The van der Waals surface area contributed by atoms with Crippen molar-refractivity contribution in [1.29, 1.82) is 0 Å². The first-order chi connectivity index (χ1) is 23.4. The molecule has 5 fully saturated rings. The number of rotatable bonds is 6. The lowest BCUT2D eigenvalue weighted by molar-refractivity contribution is -0.137. The molecule has 1 aromatic heterocycles. The molecule has 6 aliphatic heterocycles. The molecule has 1 unspecified atom stereocenters. The quantitative estimate of drug-likeness (QED) is 0.374. The molecule has 0 saturated carbocycles. The topological polar surface area (TPSA) is 117 Å². The number of piperidine rings is 4. The van der Waals surface area contributed by atoms with Crippen LogP contribution in [0.25, 0.3) is 0 Å². The van der Waals surface area contributed by atoms with Gasteiger partial charge in [-0.3, -0.25) is 15.0 Å². The Labute approximate surface area is 296 Å². The molecular weight excluding hydrogens is 725 g/mol. The standard InChI is InChI=1S/C33H42BrF3N8O3S/c34-25-16-20(15-24(28(25)38)33(35,36)37)17-26(30(46)43-12-10-42(11-13-43)27-19-41-6-1-21(27)2-7-41)39-31(47)44-8-3-23(4-9-44)45-18-22-5-14-49-29(22)40-32(45)48/h5,14-16,21,23,26-27H,1-4,6-13,17-19,38H2,(H,39,47)(H,40,48)/t26-,27?/m1/s1. The average Bonchev–Trinajstić information content (AvgIpc) is 3.56. The molecule has 49 heavy (non-hydrogen) atoms. The van der Waals surface area contributed by atoms with Crippen LogP contribution in [0.15, 0.2) is 28.1 Å². The largest absolute Gasteiger partial charge is 0.418 e. The molecule has 11 nitrogen and oxygen atoms in total. The van der Waals surface area contributed by atoms with E-state index in [1.807, 2.05) is 16.3 Å². The molecule has 5 amide bonds. The number of carbonyl (C=O) groups excluding carboxylic acids is 3. The number of nitrogens with one attached hydrogen (secondary N) is 2. The van der Waals surface area contributed by atoms with Crippen molar-refractivity contribution in [3.8, 4) is 0 Å². The van der Waals surface area contributed by atoms with Crippen LogP contribution in [0.1, 0.15) is 42.4 Å². The number of thiophene rings is 1. The number of piperazine rings is 1. The molecule has 0 aliphatic carbocycles. The summed E-state index contributed by atoms with van der Waals surface area (Å²) in [5, 5.41) is 8.65. The Kier molecular flexibility index (Phi) is 9.76. The molecule has 2 bridgehead atoms. The first-order valence-electron chi connectivity index (χ1n) is 17.0. The number of benzene rings is 1. The zero-order valence-electron chi connectivity index (χ0n) is 27.2. The molecule has 6 aliphatic rings. The van der Waals surface area contributed by atoms with Crippen molar-refractivity contribution in [2.24, 2.45) is 5.92 Å². The van der Waals surface area contributed by atoms with E-state index in [2.05, 4.69) is 36.4 Å². The number of anilines is 2. The van der Waals surface area contributed by atoms with Crippen LogP contribution in [0.2, 0.25) is 0 Å². The highest BCUT2D eigenvalue weighted by Gasteiger charge is 2.40. The van der Waals surface area contributed by atoms with Crippen LogP contribution >= 0.6 is 27.3 Å². The number of urea groups is 2. The molecule has 2 aromatic rings. The van der Waals surface area contributed by atoms with Crippen LogP contribution in [0.5, 0.6) is 0 Å². The van der Waals surface area contributed by atoms with E-state index in [9.17, 15) is 27.6 Å². The monoisotopic (exact) mass is 766 g/mol. The fourth-order valence-electron chi connectivity index (χ4n) is 8.21. The number of nitrogen functional groups attached to an aromatic ring is 1. The molecule has 266 valence electrons. The minimum atomic E-state index is -4.68. The number of halogens is 4. The maximum Gasteiger partial charge on any atom is 0.418 e. The Hall–Kier alpha value is -3.08. The van der Waals surface area contributed by atoms with E-state index >= 15 is 0 Å². The van der Waals surface area contributed by atoms with Crippen LogP contribution in [0.3, 0.4) is 0 Å². The summed E-state index contributed by atoms with van der Waals surface area (Å²) in [6, 6.07) is 3.21. The number of nitrogens with two attached hydrogens (primary N) is 1. The SMILES string of the molecule is Nc1c(Br)cc(C[C@@H](NC(=O)N2CCC(N3Cc4ccsc4NC3=O)CC2)C(=O)N2CCN(C3CN4CCC3CC4)CC2)cc1C(F)(F)F. The van der Waals surface area contributed by atoms with Crippen molar-refractivity contribution in [3.63, 3.8) is 0 Å². The van der Waals surface area contributed by atoms with Crippen LogP contribution in [-0.2, 0) is 23.9 Å². The van der Waals surface area contributed by atoms with E-state index in [0.717, 1.165) is 49.4 Å². The summed E-state index contributed by atoms with van der Waals surface area (Å²) in [6.45, 7) is 7.05. The van der Waals surface area contributed by atoms with Gasteiger partial charge in [-0.2, -0.15) is 13.2 Å². The van der Waals surface area contributed by atoms with Gasteiger partial charge in [0.05, 0.1) is 17.8 Å². The highest BCUT2D eigenvalue weighted by atomic mass is 79.9. The Balaban J connectivity index is 1.03. The van der Waals surface area contributed by atoms with Crippen molar-refractivity contribution in [1.82, 2.24) is 29.8 Å². The predicted molar refractivity (Wildman–Crippen MR) is 184 cm³/mol. The van der Waals surface area contributed by atoms with E-state index in [0.29, 0.717) is 57.5 Å². The average molecular weight is 768 g/mol. The van der Waals surface area contributed by atoms with Crippen LogP contribution in [-0.4, -0.2) is 119 Å². The third kappa shape index (κ3) is 7.24. The lowest BCUT2D eigenvalue weighted by Gasteiger charge is -2.51. The molecule has 8 rings (SSSR count). The van der Waals surface area contributed by atoms with Gasteiger partial charge in [0.15, 0.2) is 0 Å². The van der Waals surface area contributed by atoms with Gasteiger partial charge >= 0.3 is 18.2 Å². The zero-order valence-corrected chi connectivity index (χ0v) is 29.6. The summed E-state index contributed by atoms with van der Waals surface area (Å²) in [7, 11) is 0. The summed E-state index contributed by atoms with van der Waals surface area (Å²) in [5.74, 6) is 0.363. The summed E-state index contributed by atoms with van der Waals surface area (Å²) in [6.07, 6.45) is -1.27. The first-order valence-corrected chi connectivity index (χ1v) is 18.7. The number of carbonyl (C=O) groups is 3. The summed E-state index contributed by atoms with van der Waals surface area (Å²) in [4.78, 5) is 50.7. The lowest BCUT2D eigenvalue weighted by atomic mass is 9.83. The number of fused-ring (bicyclic) bond motifs is 4. The van der Waals surface area contributed by atoms with Gasteiger partial charge in [-0.25, -0.2) is 9.59 Å². The van der Waals surface area contributed by atoms with Crippen molar-refractivity contribution in [2.45, 2.75) is 63.0 Å². The molecule has 0 radical (unpaired) electrons. The third-order valence-corrected chi connectivity index (χ3v) is 12.5. The van der Waals surface area contributed by atoms with E-state index in [4.69, 9.17) is 5.73 Å². The van der Waals surface area contributed by atoms with Gasteiger partial charge in [0, 0.05) is 74.4 Å². The Morgan fingerprint density at radius 1 is 1.02 bits per heavy atom. The van der Waals surface area contributed by atoms with Gasteiger partial charge in [-0.05, 0) is 89.8 Å². The molecular formula is C33H42BrF3N8O3S. The molecule has 4 N–H and O–H groups in total. The van der Waals surface area contributed by atoms with Gasteiger partial charge < -0.3 is 30.7 Å². The minimum Gasteiger partial charge on any atom is -0.397 e. The highest BCUT2D eigenvalue weighted by molar-refractivity contribution is 9.10. The van der Waals surface area contributed by atoms with E-state index in [1.165, 1.54) is 30.2 Å². The van der Waals surface area contributed by atoms with Gasteiger partial charge in [0.2, 0.25) is 5.91 Å². The number of alkyl halides is 3. The summed E-state index contributed by atoms with van der Waals surface area (Å²) < 4.78 is 41.6. The maximum absolute atomic E-state index is 14.1. The highest BCUT2D eigenvalue weighted by Crippen LogP contribution is 2.38. The minimum absolute atomic E-state index is 0.0464. The molecule has 5 saturated heterocycles. The van der Waals surface area contributed by atoms with E-state index < -0.39 is 29.5 Å². The zero-order chi connectivity index (χ0) is 34.4. The second-order valence-electron chi connectivity index (χ2n) is 13.9. The van der Waals surface area contributed by atoms with Gasteiger partial charge in [-0.15, -0.1) is 11.3 Å². The van der Waals surface area contributed by atoms with Gasteiger partial charge in [-0.1, -0.05) is 0 Å². The number of hydrogen-bond donors (Lipinski definition) is 3. The number of likely N-dealkylation sites (tertiary alicyclic amines) is 1. The predicted octanol–water partition coefficient (Wildman–Crippen LogP) is 4.48. The second kappa shape index (κ2) is 13.9. The lowest BCUT2D eigenvalue weighted by Crippen LogP contribution is -2.63. The molecule has 7 heterocycles. The smallest absolute Gasteiger partial charge is 0.397 e. The Bertz CT molecular complexity index is 1570. The van der Waals surface area contributed by atoms with Gasteiger partial charge in [0.1, 0.15) is 11.0 Å². The summed E-state index contributed by atoms with van der Waals surface area (Å²) in [5.41, 5.74) is 5.65. The summed E-state index contributed by atoms with van der Waals surface area (Å²) >= 11 is 4.65. The fraction of sp³-hybridized carbons (Fsp3) is 0.606. The fourth-order valence-corrected chi connectivity index (χ4v) is 9.52. The number of hydrogen-bond acceptors (Lipinski definition) is 7. The third-order valence-electron chi connectivity index (χ3n) is 11.0. The van der Waals surface area contributed by atoms with E-state index in [-0.39, 0.29) is 34.4 Å². The normalized spacial score (nSPS) is 25.6. The number of nitrogens with zero attached hydrogens (tertiary/aromatic N) is 5.